The molecule has 3 aromatic rings. The fraction of sp³-hybridized carbons (Fsp3) is 0.143. The third-order valence-corrected chi connectivity index (χ3v) is 4.06. The fourth-order valence-electron chi connectivity index (χ4n) is 2.18. The molecule has 0 nitrogen and oxygen atoms in total. The van der Waals surface area contributed by atoms with E-state index in [-0.39, 0.29) is 5.82 Å². The first-order chi connectivity index (χ1) is 7.77. The van der Waals surface area contributed by atoms with Gasteiger partial charge < -0.3 is 0 Å². The van der Waals surface area contributed by atoms with Crippen molar-refractivity contribution >= 4 is 39.4 Å². The highest BCUT2D eigenvalue weighted by Gasteiger charge is 2.10. The summed E-state index contributed by atoms with van der Waals surface area (Å²) in [4.78, 5) is 0. The minimum absolute atomic E-state index is 0.0849. The maximum Gasteiger partial charge on any atom is 0.0760 e. The fourth-order valence-corrected chi connectivity index (χ4v) is 3.32. The van der Waals surface area contributed by atoms with Crippen LogP contribution in [0.2, 0.25) is 0 Å². The summed E-state index contributed by atoms with van der Waals surface area (Å²) in [6, 6.07) is 14.9. The van der Waals surface area contributed by atoms with Crippen molar-refractivity contribution < 1.29 is 0 Å². The SMILES string of the molecule is [B][C@@H](C)c1cccc2sc3ccccc3c12. The summed E-state index contributed by atoms with van der Waals surface area (Å²) >= 11 is 1.84. The first kappa shape index (κ1) is 9.92. The lowest BCUT2D eigenvalue weighted by atomic mass is 9.81. The van der Waals surface area contributed by atoms with Crippen molar-refractivity contribution in [3.8, 4) is 0 Å². The molecule has 0 unspecified atom stereocenters. The Morgan fingerprint density at radius 2 is 1.75 bits per heavy atom. The van der Waals surface area contributed by atoms with Gasteiger partial charge in [-0.15, -0.1) is 11.3 Å². The van der Waals surface area contributed by atoms with E-state index in [1.165, 1.54) is 25.7 Å². The molecule has 2 radical (unpaired) electrons. The Morgan fingerprint density at radius 1 is 1.00 bits per heavy atom. The lowest BCUT2D eigenvalue weighted by molar-refractivity contribution is 1.10. The van der Waals surface area contributed by atoms with Crippen LogP contribution in [-0.2, 0) is 0 Å². The summed E-state index contributed by atoms with van der Waals surface area (Å²) in [5.41, 5.74) is 1.25. The Hall–Kier alpha value is -1.28. The number of hydrogen-bond acceptors (Lipinski definition) is 1. The molecule has 0 saturated carbocycles. The van der Waals surface area contributed by atoms with Crippen LogP contribution >= 0.6 is 11.3 Å². The minimum Gasteiger partial charge on any atom is -0.135 e. The highest BCUT2D eigenvalue weighted by molar-refractivity contribution is 7.25. The number of benzene rings is 2. The van der Waals surface area contributed by atoms with E-state index >= 15 is 0 Å². The normalized spacial score (nSPS) is 13.3. The van der Waals surface area contributed by atoms with Crippen molar-refractivity contribution in [3.63, 3.8) is 0 Å². The van der Waals surface area contributed by atoms with E-state index in [9.17, 15) is 0 Å². The van der Waals surface area contributed by atoms with Crippen molar-refractivity contribution in [2.24, 2.45) is 0 Å². The monoisotopic (exact) mass is 222 g/mol. The van der Waals surface area contributed by atoms with Gasteiger partial charge in [-0.3, -0.25) is 0 Å². The van der Waals surface area contributed by atoms with E-state index in [0.717, 1.165) is 0 Å². The maximum absolute atomic E-state index is 6.03. The standard InChI is InChI=1S/C14H11BS/c1-9(15)10-6-4-8-13-14(10)11-5-2-3-7-12(11)16-13/h2-9H,1H3/t9-/m0/s1. The summed E-state index contributed by atoms with van der Waals surface area (Å²) in [5, 5.41) is 2.66. The van der Waals surface area contributed by atoms with Crippen LogP contribution in [0.3, 0.4) is 0 Å². The number of rotatable bonds is 1. The smallest absolute Gasteiger partial charge is 0.0760 e. The van der Waals surface area contributed by atoms with E-state index < -0.39 is 0 Å². The van der Waals surface area contributed by atoms with Crippen LogP contribution in [0.4, 0.5) is 0 Å². The summed E-state index contributed by atoms with van der Waals surface area (Å²) in [7, 11) is 6.03. The molecule has 1 atom stereocenters. The molecule has 1 aromatic heterocycles. The molecular weight excluding hydrogens is 211 g/mol. The summed E-state index contributed by atoms with van der Waals surface area (Å²) in [5.74, 6) is 0.0849. The van der Waals surface area contributed by atoms with Gasteiger partial charge in [0.15, 0.2) is 0 Å². The largest absolute Gasteiger partial charge is 0.135 e. The third-order valence-electron chi connectivity index (χ3n) is 2.93. The molecule has 0 N–H and O–H groups in total. The Bertz CT molecular complexity index is 652. The van der Waals surface area contributed by atoms with Crippen molar-refractivity contribution in [1.82, 2.24) is 0 Å². The van der Waals surface area contributed by atoms with Gasteiger partial charge in [0.25, 0.3) is 0 Å². The lowest BCUT2D eigenvalue weighted by Gasteiger charge is -2.07. The van der Waals surface area contributed by atoms with Gasteiger partial charge in [-0.1, -0.05) is 43.1 Å². The number of thiophene rings is 1. The van der Waals surface area contributed by atoms with Crippen LogP contribution < -0.4 is 0 Å². The molecule has 0 aliphatic rings. The second-order valence-corrected chi connectivity index (χ2v) is 5.19. The van der Waals surface area contributed by atoms with Gasteiger partial charge in [0.1, 0.15) is 0 Å². The molecule has 2 aromatic carbocycles. The van der Waals surface area contributed by atoms with Gasteiger partial charge >= 0.3 is 0 Å². The van der Waals surface area contributed by atoms with Crippen LogP contribution in [0.25, 0.3) is 20.2 Å². The van der Waals surface area contributed by atoms with E-state index in [2.05, 4.69) is 42.5 Å². The third kappa shape index (κ3) is 1.37. The molecule has 0 aliphatic heterocycles. The summed E-state index contributed by atoms with van der Waals surface area (Å²) in [6.45, 7) is 2.04. The predicted octanol–water partition coefficient (Wildman–Crippen LogP) is 4.28. The molecule has 0 amide bonds. The molecule has 0 bridgehead atoms. The Kier molecular flexibility index (Phi) is 2.25. The second kappa shape index (κ2) is 3.64. The van der Waals surface area contributed by atoms with E-state index in [1.54, 1.807) is 0 Å². The average Bonchev–Trinajstić information content (AvgIpc) is 2.66. The molecule has 0 aliphatic carbocycles. The Morgan fingerprint density at radius 3 is 2.56 bits per heavy atom. The number of fused-ring (bicyclic) bond motifs is 3. The topological polar surface area (TPSA) is 0 Å². The molecular formula is C14H11BS. The van der Waals surface area contributed by atoms with Gasteiger partial charge in [-0.25, -0.2) is 0 Å². The highest BCUT2D eigenvalue weighted by atomic mass is 32.1. The number of hydrogen-bond donors (Lipinski definition) is 0. The van der Waals surface area contributed by atoms with Crippen molar-refractivity contribution in [2.75, 3.05) is 0 Å². The van der Waals surface area contributed by atoms with Gasteiger partial charge in [0.2, 0.25) is 0 Å². The van der Waals surface area contributed by atoms with Crippen LogP contribution in [0.5, 0.6) is 0 Å². The average molecular weight is 222 g/mol. The first-order valence-electron chi connectivity index (χ1n) is 5.43. The van der Waals surface area contributed by atoms with Crippen LogP contribution in [0.1, 0.15) is 18.3 Å². The van der Waals surface area contributed by atoms with Crippen LogP contribution in [0, 0.1) is 0 Å². The quantitative estimate of drug-likeness (QED) is 0.539. The van der Waals surface area contributed by atoms with Crippen LogP contribution in [0.15, 0.2) is 42.5 Å². The van der Waals surface area contributed by atoms with Crippen LogP contribution in [-0.4, -0.2) is 7.85 Å². The van der Waals surface area contributed by atoms with Crippen molar-refractivity contribution in [2.45, 2.75) is 12.7 Å². The summed E-state index contributed by atoms with van der Waals surface area (Å²) < 4.78 is 2.67. The molecule has 1 heterocycles. The van der Waals surface area contributed by atoms with E-state index in [0.29, 0.717) is 0 Å². The summed E-state index contributed by atoms with van der Waals surface area (Å²) in [6.07, 6.45) is 0. The minimum atomic E-state index is 0.0849. The van der Waals surface area contributed by atoms with E-state index in [4.69, 9.17) is 7.85 Å². The zero-order valence-electron chi connectivity index (χ0n) is 9.10. The molecule has 2 heteroatoms. The lowest BCUT2D eigenvalue weighted by Crippen LogP contribution is -1.91. The molecule has 0 spiro atoms. The second-order valence-electron chi connectivity index (χ2n) is 4.11. The Labute approximate surface area is 100 Å². The van der Waals surface area contributed by atoms with Crippen molar-refractivity contribution in [3.05, 3.63) is 48.0 Å². The molecule has 0 fully saturated rings. The van der Waals surface area contributed by atoms with Gasteiger partial charge in [0, 0.05) is 20.2 Å². The zero-order valence-corrected chi connectivity index (χ0v) is 9.92. The Balaban J connectivity index is 2.53. The highest BCUT2D eigenvalue weighted by Crippen LogP contribution is 2.37. The van der Waals surface area contributed by atoms with Crippen molar-refractivity contribution in [1.29, 1.82) is 0 Å². The molecule has 16 heavy (non-hydrogen) atoms. The maximum atomic E-state index is 6.03. The molecule has 0 saturated heterocycles. The zero-order chi connectivity index (χ0) is 11.1. The predicted molar refractivity (Wildman–Crippen MR) is 73.5 cm³/mol. The van der Waals surface area contributed by atoms with Gasteiger partial charge in [0.05, 0.1) is 7.85 Å². The molecule has 76 valence electrons. The van der Waals surface area contributed by atoms with Gasteiger partial charge in [-0.05, 0) is 17.7 Å². The first-order valence-corrected chi connectivity index (χ1v) is 6.25. The molecule has 3 rings (SSSR count). The van der Waals surface area contributed by atoms with E-state index in [1.807, 2.05) is 18.3 Å². The van der Waals surface area contributed by atoms with Gasteiger partial charge in [-0.2, -0.15) is 0 Å².